The molecule has 0 saturated carbocycles. The number of hydrogen-bond acceptors (Lipinski definition) is 2. The van der Waals surface area contributed by atoms with E-state index in [1.807, 2.05) is 6.92 Å². The molecule has 0 atom stereocenters. The number of benzene rings is 1. The molecule has 0 fully saturated rings. The predicted octanol–water partition coefficient (Wildman–Crippen LogP) is 1.82. The third kappa shape index (κ3) is 1.97. The standard InChI is InChI=1S/C12H14FN3/c1-9-2-3-11(13)12(6-9)16-8-15-7-10(16)4-5-14/h2-3,6-8H,4-5,14H2,1H3. The molecule has 0 aliphatic rings. The number of aryl methyl sites for hydroxylation is 1. The molecule has 2 rings (SSSR count). The zero-order valence-corrected chi connectivity index (χ0v) is 9.15. The van der Waals surface area contributed by atoms with Crippen LogP contribution in [0.5, 0.6) is 0 Å². The molecule has 3 nitrogen and oxygen atoms in total. The minimum absolute atomic E-state index is 0.248. The fourth-order valence-electron chi connectivity index (χ4n) is 1.68. The van der Waals surface area contributed by atoms with E-state index in [0.717, 1.165) is 11.3 Å². The van der Waals surface area contributed by atoms with Gasteiger partial charge in [-0.05, 0) is 31.2 Å². The lowest BCUT2D eigenvalue weighted by Crippen LogP contribution is -2.08. The fourth-order valence-corrected chi connectivity index (χ4v) is 1.68. The number of nitrogens with zero attached hydrogens (tertiary/aromatic N) is 2. The van der Waals surface area contributed by atoms with Gasteiger partial charge in [0, 0.05) is 18.3 Å². The summed E-state index contributed by atoms with van der Waals surface area (Å²) in [5.41, 5.74) is 7.97. The highest BCUT2D eigenvalue weighted by molar-refractivity contribution is 5.38. The van der Waals surface area contributed by atoms with Crippen molar-refractivity contribution in [1.29, 1.82) is 0 Å². The second-order valence-electron chi connectivity index (χ2n) is 3.75. The second-order valence-corrected chi connectivity index (χ2v) is 3.75. The predicted molar refractivity (Wildman–Crippen MR) is 61.0 cm³/mol. The summed E-state index contributed by atoms with van der Waals surface area (Å²) in [4.78, 5) is 4.03. The van der Waals surface area contributed by atoms with Gasteiger partial charge >= 0.3 is 0 Å². The fraction of sp³-hybridized carbons (Fsp3) is 0.250. The number of halogens is 1. The van der Waals surface area contributed by atoms with Gasteiger partial charge in [0.25, 0.3) is 0 Å². The molecule has 1 heterocycles. The van der Waals surface area contributed by atoms with Gasteiger partial charge < -0.3 is 10.3 Å². The zero-order valence-electron chi connectivity index (χ0n) is 9.15. The Morgan fingerprint density at radius 2 is 2.25 bits per heavy atom. The summed E-state index contributed by atoms with van der Waals surface area (Å²) in [6, 6.07) is 5.02. The van der Waals surface area contributed by atoms with E-state index in [1.165, 1.54) is 6.07 Å². The maximum Gasteiger partial charge on any atom is 0.147 e. The first-order valence-corrected chi connectivity index (χ1v) is 5.20. The van der Waals surface area contributed by atoms with Crippen LogP contribution in [0.15, 0.2) is 30.7 Å². The van der Waals surface area contributed by atoms with Crippen molar-refractivity contribution in [3.05, 3.63) is 47.8 Å². The third-order valence-electron chi connectivity index (χ3n) is 2.48. The minimum atomic E-state index is -0.248. The molecule has 0 aliphatic heterocycles. The number of rotatable bonds is 3. The molecule has 1 aromatic heterocycles. The summed E-state index contributed by atoms with van der Waals surface area (Å²) >= 11 is 0. The van der Waals surface area contributed by atoms with Gasteiger partial charge in [0.2, 0.25) is 0 Å². The molecule has 16 heavy (non-hydrogen) atoms. The molecule has 2 N–H and O–H groups in total. The number of aromatic nitrogens is 2. The van der Waals surface area contributed by atoms with Crippen LogP contribution in [0.4, 0.5) is 4.39 Å². The van der Waals surface area contributed by atoms with Crippen molar-refractivity contribution in [2.45, 2.75) is 13.3 Å². The molecule has 0 aliphatic carbocycles. The van der Waals surface area contributed by atoms with Crippen molar-refractivity contribution in [2.24, 2.45) is 5.73 Å². The molecule has 0 radical (unpaired) electrons. The summed E-state index contributed by atoms with van der Waals surface area (Å²) in [6.07, 6.45) is 4.02. The van der Waals surface area contributed by atoms with Crippen LogP contribution in [-0.2, 0) is 6.42 Å². The summed E-state index contributed by atoms with van der Waals surface area (Å²) in [5, 5.41) is 0. The van der Waals surface area contributed by atoms with E-state index in [1.54, 1.807) is 29.2 Å². The number of imidazole rings is 1. The summed E-state index contributed by atoms with van der Waals surface area (Å²) in [6.45, 7) is 2.46. The maximum absolute atomic E-state index is 13.7. The Bertz CT molecular complexity index is 491. The normalized spacial score (nSPS) is 10.7. The minimum Gasteiger partial charge on any atom is -0.330 e. The van der Waals surface area contributed by atoms with E-state index in [-0.39, 0.29) is 5.82 Å². The molecule has 0 spiro atoms. The highest BCUT2D eigenvalue weighted by Gasteiger charge is 2.08. The van der Waals surface area contributed by atoms with Crippen LogP contribution in [0.3, 0.4) is 0 Å². The van der Waals surface area contributed by atoms with Crippen molar-refractivity contribution < 1.29 is 4.39 Å². The highest BCUT2D eigenvalue weighted by atomic mass is 19.1. The largest absolute Gasteiger partial charge is 0.330 e. The summed E-state index contributed by atoms with van der Waals surface area (Å²) in [5.74, 6) is -0.248. The van der Waals surface area contributed by atoms with Gasteiger partial charge in [-0.25, -0.2) is 9.37 Å². The van der Waals surface area contributed by atoms with E-state index >= 15 is 0 Å². The Morgan fingerprint density at radius 1 is 1.44 bits per heavy atom. The van der Waals surface area contributed by atoms with Crippen LogP contribution in [0.2, 0.25) is 0 Å². The topological polar surface area (TPSA) is 43.8 Å². The van der Waals surface area contributed by atoms with Gasteiger partial charge in [0.1, 0.15) is 5.82 Å². The lowest BCUT2D eigenvalue weighted by Gasteiger charge is -2.09. The first-order chi connectivity index (χ1) is 7.72. The highest BCUT2D eigenvalue weighted by Crippen LogP contribution is 2.17. The Labute approximate surface area is 93.7 Å². The zero-order chi connectivity index (χ0) is 11.5. The van der Waals surface area contributed by atoms with Crippen LogP contribution in [0.1, 0.15) is 11.3 Å². The van der Waals surface area contributed by atoms with Gasteiger partial charge in [-0.3, -0.25) is 0 Å². The molecule has 0 unspecified atom stereocenters. The lowest BCUT2D eigenvalue weighted by atomic mass is 10.2. The van der Waals surface area contributed by atoms with Gasteiger partial charge in [0.05, 0.1) is 12.0 Å². The molecule has 4 heteroatoms. The average Bonchev–Trinajstić information content (AvgIpc) is 2.70. The Balaban J connectivity index is 2.49. The second kappa shape index (κ2) is 4.45. The Kier molecular flexibility index (Phi) is 3.01. The first kappa shape index (κ1) is 10.8. The van der Waals surface area contributed by atoms with Crippen LogP contribution in [-0.4, -0.2) is 16.1 Å². The molecular weight excluding hydrogens is 205 g/mol. The quantitative estimate of drug-likeness (QED) is 0.855. The van der Waals surface area contributed by atoms with Gasteiger partial charge in [-0.2, -0.15) is 0 Å². The van der Waals surface area contributed by atoms with E-state index in [4.69, 9.17) is 5.73 Å². The smallest absolute Gasteiger partial charge is 0.147 e. The maximum atomic E-state index is 13.7. The molecule has 0 saturated heterocycles. The molecule has 84 valence electrons. The van der Waals surface area contributed by atoms with Gasteiger partial charge in [-0.15, -0.1) is 0 Å². The van der Waals surface area contributed by atoms with E-state index in [0.29, 0.717) is 18.7 Å². The van der Waals surface area contributed by atoms with E-state index in [2.05, 4.69) is 4.98 Å². The van der Waals surface area contributed by atoms with Gasteiger partial charge in [0.15, 0.2) is 0 Å². The van der Waals surface area contributed by atoms with Crippen molar-refractivity contribution in [2.75, 3.05) is 6.54 Å². The monoisotopic (exact) mass is 219 g/mol. The molecule has 2 aromatic rings. The van der Waals surface area contributed by atoms with Crippen LogP contribution in [0, 0.1) is 12.7 Å². The van der Waals surface area contributed by atoms with Crippen LogP contribution in [0.25, 0.3) is 5.69 Å². The third-order valence-corrected chi connectivity index (χ3v) is 2.48. The van der Waals surface area contributed by atoms with Crippen molar-refractivity contribution >= 4 is 0 Å². The summed E-state index contributed by atoms with van der Waals surface area (Å²) in [7, 11) is 0. The summed E-state index contributed by atoms with van der Waals surface area (Å²) < 4.78 is 15.4. The van der Waals surface area contributed by atoms with Crippen molar-refractivity contribution in [3.8, 4) is 5.69 Å². The molecule has 1 aromatic carbocycles. The van der Waals surface area contributed by atoms with Crippen molar-refractivity contribution in [1.82, 2.24) is 9.55 Å². The van der Waals surface area contributed by atoms with Crippen molar-refractivity contribution in [3.63, 3.8) is 0 Å². The average molecular weight is 219 g/mol. The lowest BCUT2D eigenvalue weighted by molar-refractivity contribution is 0.615. The van der Waals surface area contributed by atoms with Crippen LogP contribution < -0.4 is 5.73 Å². The Hall–Kier alpha value is -1.68. The molecular formula is C12H14FN3. The number of hydrogen-bond donors (Lipinski definition) is 1. The first-order valence-electron chi connectivity index (χ1n) is 5.20. The SMILES string of the molecule is Cc1ccc(F)c(-n2cncc2CCN)c1. The van der Waals surface area contributed by atoms with E-state index in [9.17, 15) is 4.39 Å². The van der Waals surface area contributed by atoms with Gasteiger partial charge in [-0.1, -0.05) is 6.07 Å². The Morgan fingerprint density at radius 3 is 3.00 bits per heavy atom. The number of nitrogens with two attached hydrogens (primary N) is 1. The van der Waals surface area contributed by atoms with E-state index < -0.39 is 0 Å². The molecule has 0 amide bonds. The van der Waals surface area contributed by atoms with Crippen LogP contribution >= 0.6 is 0 Å². The molecule has 0 bridgehead atoms.